The molecule has 9 nitrogen and oxygen atoms in total. The van der Waals surface area contributed by atoms with Crippen molar-refractivity contribution in [2.45, 2.75) is 26.1 Å². The lowest BCUT2D eigenvalue weighted by Crippen LogP contribution is -2.48. The van der Waals surface area contributed by atoms with E-state index in [2.05, 4.69) is 20.9 Å². The number of hydrogen-bond donors (Lipinski definition) is 4. The standard InChI is InChI=1S/C22H26Cl2N4O3.CH2O2/c1-15(29)27-18-4-2-3-16(9-18)11-25-22(30)26-12-19-14-28(7-8-31-19)13-17-5-6-20(23)21(24)10-17;2-1-3/h2-6,9-10,19H,7-8,11-14H2,1H3,(H,27,29)(H2,25,26,30);1H,(H,2,3). The van der Waals surface area contributed by atoms with Crippen LogP contribution in [0.25, 0.3) is 0 Å². The van der Waals surface area contributed by atoms with Crippen molar-refractivity contribution in [3.05, 3.63) is 63.6 Å². The number of halogens is 2. The van der Waals surface area contributed by atoms with Gasteiger partial charge in [0.1, 0.15) is 0 Å². The molecule has 0 bridgehead atoms. The molecule has 11 heteroatoms. The first-order valence-corrected chi connectivity index (χ1v) is 11.3. The number of urea groups is 1. The van der Waals surface area contributed by atoms with Crippen molar-refractivity contribution in [1.82, 2.24) is 15.5 Å². The number of morpholine rings is 1. The Kier molecular flexibility index (Phi) is 11.6. The van der Waals surface area contributed by atoms with E-state index in [1.165, 1.54) is 6.92 Å². The second-order valence-corrected chi connectivity index (χ2v) is 8.34. The molecule has 1 fully saturated rings. The molecule has 2 aromatic carbocycles. The predicted molar refractivity (Wildman–Crippen MR) is 131 cm³/mol. The van der Waals surface area contributed by atoms with Crippen molar-refractivity contribution in [2.24, 2.45) is 0 Å². The Morgan fingerprint density at radius 2 is 1.91 bits per heavy atom. The molecule has 1 aliphatic heterocycles. The highest BCUT2D eigenvalue weighted by molar-refractivity contribution is 6.42. The number of amides is 3. The van der Waals surface area contributed by atoms with Crippen LogP contribution in [0.5, 0.6) is 0 Å². The minimum Gasteiger partial charge on any atom is -0.483 e. The second kappa shape index (κ2) is 14.4. The van der Waals surface area contributed by atoms with E-state index in [0.29, 0.717) is 42.0 Å². The molecular formula is C23H28Cl2N4O5. The van der Waals surface area contributed by atoms with Crippen molar-refractivity contribution >= 4 is 47.3 Å². The van der Waals surface area contributed by atoms with Crippen LogP contribution in [0.15, 0.2) is 42.5 Å². The van der Waals surface area contributed by atoms with Gasteiger partial charge in [-0.25, -0.2) is 4.79 Å². The number of nitrogens with one attached hydrogen (secondary N) is 3. The fourth-order valence-electron chi connectivity index (χ4n) is 3.36. The van der Waals surface area contributed by atoms with E-state index in [4.69, 9.17) is 37.8 Å². The molecule has 0 aromatic heterocycles. The summed E-state index contributed by atoms with van der Waals surface area (Å²) in [5.74, 6) is -0.136. The summed E-state index contributed by atoms with van der Waals surface area (Å²) in [5, 5.41) is 16.4. The third-order valence-electron chi connectivity index (χ3n) is 4.80. The van der Waals surface area contributed by atoms with Crippen LogP contribution in [0.2, 0.25) is 10.0 Å². The van der Waals surface area contributed by atoms with Gasteiger partial charge in [-0.2, -0.15) is 0 Å². The maximum atomic E-state index is 12.2. The van der Waals surface area contributed by atoms with E-state index in [1.807, 2.05) is 30.3 Å². The van der Waals surface area contributed by atoms with Crippen LogP contribution in [-0.4, -0.2) is 60.8 Å². The zero-order chi connectivity index (χ0) is 24.9. The lowest BCUT2D eigenvalue weighted by atomic mass is 10.2. The van der Waals surface area contributed by atoms with Crippen LogP contribution in [0.4, 0.5) is 10.5 Å². The monoisotopic (exact) mass is 510 g/mol. The quantitative estimate of drug-likeness (QED) is 0.424. The fraction of sp³-hybridized carbons (Fsp3) is 0.348. The summed E-state index contributed by atoms with van der Waals surface area (Å²) in [7, 11) is 0. The number of hydrogen-bond acceptors (Lipinski definition) is 5. The van der Waals surface area contributed by atoms with Crippen LogP contribution in [0.3, 0.4) is 0 Å². The molecule has 1 unspecified atom stereocenters. The maximum Gasteiger partial charge on any atom is 0.315 e. The molecule has 0 aliphatic carbocycles. The van der Waals surface area contributed by atoms with Crippen molar-refractivity contribution < 1.29 is 24.2 Å². The number of carbonyl (C=O) groups excluding carboxylic acids is 2. The number of benzene rings is 2. The van der Waals surface area contributed by atoms with Gasteiger partial charge in [0.05, 0.1) is 22.8 Å². The Balaban J connectivity index is 0.00000129. The summed E-state index contributed by atoms with van der Waals surface area (Å²) in [4.78, 5) is 34.0. The van der Waals surface area contributed by atoms with Crippen LogP contribution in [0.1, 0.15) is 18.1 Å². The normalized spacial score (nSPS) is 15.4. The molecule has 1 heterocycles. The molecule has 0 saturated carbocycles. The Morgan fingerprint density at radius 1 is 1.15 bits per heavy atom. The van der Waals surface area contributed by atoms with Crippen molar-refractivity contribution in [3.8, 4) is 0 Å². The van der Waals surface area contributed by atoms with E-state index in [9.17, 15) is 9.59 Å². The third-order valence-corrected chi connectivity index (χ3v) is 5.54. The molecule has 34 heavy (non-hydrogen) atoms. The molecule has 3 amide bonds. The maximum absolute atomic E-state index is 12.2. The Labute approximate surface area is 208 Å². The van der Waals surface area contributed by atoms with Gasteiger partial charge in [0.2, 0.25) is 5.91 Å². The molecule has 2 aromatic rings. The minimum absolute atomic E-state index is 0.0923. The minimum atomic E-state index is -0.268. The topological polar surface area (TPSA) is 120 Å². The van der Waals surface area contributed by atoms with Gasteiger partial charge in [0, 0.05) is 45.3 Å². The van der Waals surface area contributed by atoms with Crippen LogP contribution < -0.4 is 16.0 Å². The number of nitrogens with zero attached hydrogens (tertiary/aromatic N) is 1. The zero-order valence-corrected chi connectivity index (χ0v) is 20.2. The summed E-state index contributed by atoms with van der Waals surface area (Å²) < 4.78 is 5.78. The largest absolute Gasteiger partial charge is 0.483 e. The van der Waals surface area contributed by atoms with Gasteiger partial charge >= 0.3 is 6.03 Å². The SMILES string of the molecule is CC(=O)Nc1cccc(CNC(=O)NCC2CN(Cc3ccc(Cl)c(Cl)c3)CCO2)c1.O=CO. The average molecular weight is 511 g/mol. The molecule has 3 rings (SSSR count). The first-order chi connectivity index (χ1) is 16.3. The van der Waals surface area contributed by atoms with Gasteiger partial charge in [-0.15, -0.1) is 0 Å². The summed E-state index contributed by atoms with van der Waals surface area (Å²) >= 11 is 12.1. The van der Waals surface area contributed by atoms with Crippen molar-refractivity contribution in [1.29, 1.82) is 0 Å². The third kappa shape index (κ3) is 9.96. The smallest absolute Gasteiger partial charge is 0.315 e. The highest BCUT2D eigenvalue weighted by Crippen LogP contribution is 2.23. The molecule has 184 valence electrons. The van der Waals surface area contributed by atoms with Crippen LogP contribution >= 0.6 is 23.2 Å². The lowest BCUT2D eigenvalue weighted by Gasteiger charge is -2.33. The first kappa shape index (κ1) is 27.4. The summed E-state index contributed by atoms with van der Waals surface area (Å²) in [6.45, 7) is 4.84. The number of ether oxygens (including phenoxy) is 1. The first-order valence-electron chi connectivity index (χ1n) is 10.5. The molecule has 0 radical (unpaired) electrons. The summed E-state index contributed by atoms with van der Waals surface area (Å²) in [6.07, 6.45) is -0.0923. The summed E-state index contributed by atoms with van der Waals surface area (Å²) in [5.41, 5.74) is 2.68. The van der Waals surface area contributed by atoms with Crippen LogP contribution in [-0.2, 0) is 27.4 Å². The highest BCUT2D eigenvalue weighted by atomic mass is 35.5. The van der Waals surface area contributed by atoms with Gasteiger partial charge in [0.25, 0.3) is 6.47 Å². The Morgan fingerprint density at radius 3 is 2.62 bits per heavy atom. The fourth-order valence-corrected chi connectivity index (χ4v) is 3.68. The number of carboxylic acid groups (broad SMARTS) is 1. The Bertz CT molecular complexity index is 976. The molecular weight excluding hydrogens is 483 g/mol. The molecule has 1 atom stereocenters. The van der Waals surface area contributed by atoms with E-state index in [0.717, 1.165) is 24.2 Å². The zero-order valence-electron chi connectivity index (χ0n) is 18.7. The molecule has 4 N–H and O–H groups in total. The number of rotatable bonds is 7. The molecule has 0 spiro atoms. The molecule has 1 aliphatic rings. The van der Waals surface area contributed by atoms with Crippen molar-refractivity contribution in [3.63, 3.8) is 0 Å². The van der Waals surface area contributed by atoms with Gasteiger partial charge in [0.15, 0.2) is 0 Å². The highest BCUT2D eigenvalue weighted by Gasteiger charge is 2.21. The molecule has 1 saturated heterocycles. The van der Waals surface area contributed by atoms with Gasteiger partial charge in [-0.3, -0.25) is 14.5 Å². The average Bonchev–Trinajstić information content (AvgIpc) is 2.79. The van der Waals surface area contributed by atoms with Crippen LogP contribution in [0, 0.1) is 0 Å². The van der Waals surface area contributed by atoms with Gasteiger partial charge < -0.3 is 25.8 Å². The van der Waals surface area contributed by atoms with E-state index in [1.54, 1.807) is 12.1 Å². The van der Waals surface area contributed by atoms with E-state index < -0.39 is 0 Å². The van der Waals surface area contributed by atoms with E-state index >= 15 is 0 Å². The van der Waals surface area contributed by atoms with E-state index in [-0.39, 0.29) is 24.5 Å². The second-order valence-electron chi connectivity index (χ2n) is 7.53. The van der Waals surface area contributed by atoms with Gasteiger partial charge in [-0.1, -0.05) is 41.4 Å². The predicted octanol–water partition coefficient (Wildman–Crippen LogP) is 3.35. The lowest BCUT2D eigenvalue weighted by molar-refractivity contribution is -0.123. The summed E-state index contributed by atoms with van der Waals surface area (Å²) in [6, 6.07) is 12.7. The van der Waals surface area contributed by atoms with Gasteiger partial charge in [-0.05, 0) is 35.4 Å². The number of carbonyl (C=O) groups is 3. The van der Waals surface area contributed by atoms with Crippen molar-refractivity contribution in [2.75, 3.05) is 31.6 Å². The Hall–Kier alpha value is -2.85. The number of anilines is 1.